The number of ether oxygens (including phenoxy) is 2. The first kappa shape index (κ1) is 23.3. The van der Waals surface area contributed by atoms with E-state index < -0.39 is 29.9 Å². The molecule has 0 spiro atoms. The van der Waals surface area contributed by atoms with Crippen LogP contribution in [0.2, 0.25) is 0 Å². The first-order valence-corrected chi connectivity index (χ1v) is 10.1. The summed E-state index contributed by atoms with van der Waals surface area (Å²) in [5.41, 5.74) is 0.925. The van der Waals surface area contributed by atoms with Gasteiger partial charge in [-0.1, -0.05) is 60.7 Å². The molecular formula is C25H24F3NO3. The number of carbonyl (C=O) groups is 1. The topological polar surface area (TPSA) is 47.6 Å². The SMILES string of the molecule is COC(=O)[C@@H](NCCC(Oc1ccc(C(F)(F)F)cc1)c1ccccc1)c1ccccc1. The van der Waals surface area contributed by atoms with Crippen LogP contribution in [0.1, 0.15) is 35.3 Å². The smallest absolute Gasteiger partial charge is 0.416 e. The van der Waals surface area contributed by atoms with E-state index in [4.69, 9.17) is 9.47 Å². The van der Waals surface area contributed by atoms with Gasteiger partial charge in [0.25, 0.3) is 0 Å². The van der Waals surface area contributed by atoms with Crippen LogP contribution < -0.4 is 10.1 Å². The van der Waals surface area contributed by atoms with Gasteiger partial charge in [-0.2, -0.15) is 13.2 Å². The van der Waals surface area contributed by atoms with Gasteiger partial charge in [0.15, 0.2) is 0 Å². The number of carbonyl (C=O) groups excluding carboxylic acids is 1. The maximum Gasteiger partial charge on any atom is 0.416 e. The third-order valence-corrected chi connectivity index (χ3v) is 4.96. The van der Waals surface area contributed by atoms with Crippen molar-refractivity contribution in [3.05, 3.63) is 102 Å². The average Bonchev–Trinajstić information content (AvgIpc) is 2.81. The molecule has 3 rings (SSSR count). The second-order valence-electron chi connectivity index (χ2n) is 7.15. The summed E-state index contributed by atoms with van der Waals surface area (Å²) in [6.07, 6.45) is -4.35. The molecule has 0 fully saturated rings. The van der Waals surface area contributed by atoms with Gasteiger partial charge < -0.3 is 14.8 Å². The van der Waals surface area contributed by atoms with Crippen LogP contribution in [0.4, 0.5) is 13.2 Å². The van der Waals surface area contributed by atoms with E-state index in [1.165, 1.54) is 19.2 Å². The molecule has 0 aliphatic heterocycles. The van der Waals surface area contributed by atoms with Crippen LogP contribution in [-0.4, -0.2) is 19.6 Å². The summed E-state index contributed by atoms with van der Waals surface area (Å²) in [4.78, 5) is 12.3. The van der Waals surface area contributed by atoms with E-state index in [0.29, 0.717) is 18.7 Å². The van der Waals surface area contributed by atoms with E-state index in [2.05, 4.69) is 5.32 Å². The van der Waals surface area contributed by atoms with Crippen molar-refractivity contribution in [2.24, 2.45) is 0 Å². The predicted molar refractivity (Wildman–Crippen MR) is 115 cm³/mol. The third-order valence-electron chi connectivity index (χ3n) is 4.96. The zero-order chi connectivity index (χ0) is 23.0. The molecule has 0 heterocycles. The number of hydrogen-bond donors (Lipinski definition) is 1. The molecule has 0 aromatic heterocycles. The lowest BCUT2D eigenvalue weighted by Crippen LogP contribution is -2.31. The quantitative estimate of drug-likeness (QED) is 0.430. The van der Waals surface area contributed by atoms with Gasteiger partial charge >= 0.3 is 12.1 Å². The highest BCUT2D eigenvalue weighted by Crippen LogP contribution is 2.32. The number of rotatable bonds is 9. The summed E-state index contributed by atoms with van der Waals surface area (Å²) < 4.78 is 49.4. The Morgan fingerprint density at radius 1 is 0.875 bits per heavy atom. The van der Waals surface area contributed by atoms with Gasteiger partial charge in [0.2, 0.25) is 0 Å². The van der Waals surface area contributed by atoms with E-state index >= 15 is 0 Å². The molecule has 0 saturated carbocycles. The number of benzene rings is 3. The normalized spacial score (nSPS) is 13.2. The standard InChI is InChI=1S/C25H24F3NO3/c1-31-24(30)23(19-10-6-3-7-11-19)29-17-16-22(18-8-4-2-5-9-18)32-21-14-12-20(13-15-21)25(26,27)28/h2-15,22-23,29H,16-17H2,1H3/t22?,23-/m0/s1. The molecular weight excluding hydrogens is 419 g/mol. The molecule has 168 valence electrons. The second kappa shape index (κ2) is 10.8. The monoisotopic (exact) mass is 443 g/mol. The van der Waals surface area contributed by atoms with E-state index in [1.54, 1.807) is 0 Å². The lowest BCUT2D eigenvalue weighted by Gasteiger charge is -2.22. The fraction of sp³-hybridized carbons (Fsp3) is 0.240. The van der Waals surface area contributed by atoms with E-state index in [-0.39, 0.29) is 0 Å². The highest BCUT2D eigenvalue weighted by atomic mass is 19.4. The van der Waals surface area contributed by atoms with Crippen LogP contribution in [0.15, 0.2) is 84.9 Å². The summed E-state index contributed by atoms with van der Waals surface area (Å²) in [5.74, 6) is -0.0736. The van der Waals surface area contributed by atoms with Crippen LogP contribution in [0.25, 0.3) is 0 Å². The van der Waals surface area contributed by atoms with Crippen LogP contribution in [0, 0.1) is 0 Å². The number of esters is 1. The lowest BCUT2D eigenvalue weighted by molar-refractivity contribution is -0.143. The van der Waals surface area contributed by atoms with Crippen molar-refractivity contribution in [2.45, 2.75) is 24.7 Å². The Morgan fingerprint density at radius 2 is 1.44 bits per heavy atom. The zero-order valence-corrected chi connectivity index (χ0v) is 17.5. The number of methoxy groups -OCH3 is 1. The summed E-state index contributed by atoms with van der Waals surface area (Å²) in [6, 6.07) is 22.6. The van der Waals surface area contributed by atoms with Crippen LogP contribution in [0.5, 0.6) is 5.75 Å². The summed E-state index contributed by atoms with van der Waals surface area (Å²) in [7, 11) is 1.33. The van der Waals surface area contributed by atoms with Gasteiger partial charge in [-0.3, -0.25) is 0 Å². The minimum absolute atomic E-state index is 0.333. The van der Waals surface area contributed by atoms with Crippen LogP contribution in [-0.2, 0) is 15.7 Å². The molecule has 0 amide bonds. The number of hydrogen-bond acceptors (Lipinski definition) is 4. The van der Waals surface area contributed by atoms with Crippen molar-refractivity contribution in [3.8, 4) is 5.75 Å². The van der Waals surface area contributed by atoms with Gasteiger partial charge in [0, 0.05) is 13.0 Å². The largest absolute Gasteiger partial charge is 0.486 e. The fourth-order valence-electron chi connectivity index (χ4n) is 3.31. The van der Waals surface area contributed by atoms with Crippen molar-refractivity contribution < 1.29 is 27.4 Å². The average molecular weight is 443 g/mol. The maximum absolute atomic E-state index is 12.8. The molecule has 4 nitrogen and oxygen atoms in total. The molecule has 0 aliphatic carbocycles. The minimum atomic E-state index is -4.40. The van der Waals surface area contributed by atoms with Crippen LogP contribution in [0.3, 0.4) is 0 Å². The van der Waals surface area contributed by atoms with Gasteiger partial charge in [-0.05, 0) is 35.4 Å². The first-order valence-electron chi connectivity index (χ1n) is 10.1. The predicted octanol–water partition coefficient (Wildman–Crippen LogP) is 5.72. The van der Waals surface area contributed by atoms with E-state index in [1.807, 2.05) is 60.7 Å². The molecule has 3 aromatic carbocycles. The first-order chi connectivity index (χ1) is 15.4. The van der Waals surface area contributed by atoms with Crippen molar-refractivity contribution in [2.75, 3.05) is 13.7 Å². The van der Waals surface area contributed by atoms with Crippen molar-refractivity contribution in [1.29, 1.82) is 0 Å². The summed E-state index contributed by atoms with van der Waals surface area (Å²) >= 11 is 0. The molecule has 1 unspecified atom stereocenters. The molecule has 2 atom stereocenters. The fourth-order valence-corrected chi connectivity index (χ4v) is 3.31. The van der Waals surface area contributed by atoms with Gasteiger partial charge in [-0.15, -0.1) is 0 Å². The second-order valence-corrected chi connectivity index (χ2v) is 7.15. The number of halogens is 3. The molecule has 0 aliphatic rings. The van der Waals surface area contributed by atoms with Gasteiger partial charge in [0.05, 0.1) is 12.7 Å². The maximum atomic E-state index is 12.8. The molecule has 3 aromatic rings. The molecule has 32 heavy (non-hydrogen) atoms. The Kier molecular flexibility index (Phi) is 7.89. The van der Waals surface area contributed by atoms with Gasteiger partial charge in [-0.25, -0.2) is 4.79 Å². The summed E-state index contributed by atoms with van der Waals surface area (Å²) in [6.45, 7) is 0.412. The Hall–Kier alpha value is -3.32. The molecule has 0 bridgehead atoms. The zero-order valence-electron chi connectivity index (χ0n) is 17.5. The molecule has 7 heteroatoms. The highest BCUT2D eigenvalue weighted by molar-refractivity contribution is 5.77. The van der Waals surface area contributed by atoms with Crippen molar-refractivity contribution >= 4 is 5.97 Å². The highest BCUT2D eigenvalue weighted by Gasteiger charge is 2.30. The Morgan fingerprint density at radius 3 is 1.97 bits per heavy atom. The Balaban J connectivity index is 1.72. The van der Waals surface area contributed by atoms with E-state index in [0.717, 1.165) is 23.3 Å². The molecule has 0 saturated heterocycles. The summed E-state index contributed by atoms with van der Waals surface area (Å²) in [5, 5.41) is 3.20. The minimum Gasteiger partial charge on any atom is -0.486 e. The Labute approximate surface area is 185 Å². The lowest BCUT2D eigenvalue weighted by atomic mass is 10.0. The van der Waals surface area contributed by atoms with Gasteiger partial charge in [0.1, 0.15) is 17.9 Å². The van der Waals surface area contributed by atoms with Crippen molar-refractivity contribution in [1.82, 2.24) is 5.32 Å². The Bertz CT molecular complexity index is 977. The number of alkyl halides is 3. The molecule has 0 radical (unpaired) electrons. The number of nitrogens with one attached hydrogen (secondary N) is 1. The van der Waals surface area contributed by atoms with Crippen molar-refractivity contribution in [3.63, 3.8) is 0 Å². The molecule has 1 N–H and O–H groups in total. The van der Waals surface area contributed by atoms with E-state index in [9.17, 15) is 18.0 Å². The van der Waals surface area contributed by atoms with Crippen LogP contribution >= 0.6 is 0 Å². The third kappa shape index (κ3) is 6.34.